The molecule has 0 atom stereocenters. The van der Waals surface area contributed by atoms with Crippen LogP contribution in [0.5, 0.6) is 0 Å². The third-order valence-corrected chi connectivity index (χ3v) is 3.10. The summed E-state index contributed by atoms with van der Waals surface area (Å²) < 4.78 is 1.79. The Bertz CT molecular complexity index is 751. The Morgan fingerprint density at radius 1 is 1.21 bits per heavy atom. The zero-order valence-electron chi connectivity index (χ0n) is 9.88. The number of aromatic nitrogens is 2. The maximum absolute atomic E-state index is 12.1. The molecule has 0 fully saturated rings. The maximum Gasteiger partial charge on any atom is 0.257 e. The number of halogens is 1. The molecule has 0 aliphatic heterocycles. The molecule has 0 radical (unpaired) electrons. The summed E-state index contributed by atoms with van der Waals surface area (Å²) in [7, 11) is 0. The fourth-order valence-corrected chi connectivity index (χ4v) is 1.99. The summed E-state index contributed by atoms with van der Waals surface area (Å²) in [6.07, 6.45) is 5.21. The molecule has 0 saturated heterocycles. The van der Waals surface area contributed by atoms with E-state index in [1.54, 1.807) is 47.3 Å². The molecule has 94 valence electrons. The maximum atomic E-state index is 12.1. The number of fused-ring (bicyclic) bond motifs is 1. The van der Waals surface area contributed by atoms with E-state index in [0.717, 1.165) is 5.65 Å². The number of benzene rings is 1. The molecule has 5 heteroatoms. The molecule has 0 saturated carbocycles. The summed E-state index contributed by atoms with van der Waals surface area (Å²) in [6.45, 7) is 0. The van der Waals surface area contributed by atoms with Crippen LogP contribution in [-0.4, -0.2) is 15.3 Å². The van der Waals surface area contributed by atoms with Gasteiger partial charge in [0.1, 0.15) is 5.65 Å². The Balaban J connectivity index is 1.89. The van der Waals surface area contributed by atoms with Gasteiger partial charge in [0.2, 0.25) is 0 Å². The zero-order chi connectivity index (χ0) is 13.2. The molecule has 1 aromatic carbocycles. The number of rotatable bonds is 2. The van der Waals surface area contributed by atoms with Crippen molar-refractivity contribution in [1.29, 1.82) is 0 Å². The van der Waals surface area contributed by atoms with Crippen molar-refractivity contribution in [2.45, 2.75) is 0 Å². The van der Waals surface area contributed by atoms with E-state index in [2.05, 4.69) is 10.3 Å². The van der Waals surface area contributed by atoms with Crippen molar-refractivity contribution in [3.63, 3.8) is 0 Å². The van der Waals surface area contributed by atoms with Crippen molar-refractivity contribution >= 4 is 28.8 Å². The lowest BCUT2D eigenvalue weighted by Crippen LogP contribution is -2.12. The number of hydrogen-bond donors (Lipinski definition) is 1. The minimum absolute atomic E-state index is 0.205. The first-order chi connectivity index (χ1) is 9.24. The van der Waals surface area contributed by atoms with Crippen molar-refractivity contribution in [2.24, 2.45) is 0 Å². The van der Waals surface area contributed by atoms with E-state index in [4.69, 9.17) is 11.6 Å². The number of para-hydroxylation sites is 1. The molecule has 1 N–H and O–H groups in total. The first kappa shape index (κ1) is 11.7. The highest BCUT2D eigenvalue weighted by atomic mass is 35.5. The Kier molecular flexibility index (Phi) is 2.93. The second-order valence-electron chi connectivity index (χ2n) is 4.04. The van der Waals surface area contributed by atoms with Crippen LogP contribution in [-0.2, 0) is 0 Å². The molecule has 2 heterocycles. The zero-order valence-corrected chi connectivity index (χ0v) is 10.6. The second kappa shape index (κ2) is 4.74. The minimum atomic E-state index is -0.205. The smallest absolute Gasteiger partial charge is 0.257 e. The summed E-state index contributed by atoms with van der Waals surface area (Å²) >= 11 is 6.00. The average Bonchev–Trinajstić information content (AvgIpc) is 2.88. The Morgan fingerprint density at radius 2 is 2.05 bits per heavy atom. The van der Waals surface area contributed by atoms with E-state index in [1.807, 2.05) is 12.1 Å². The molecule has 4 nitrogen and oxygen atoms in total. The van der Waals surface area contributed by atoms with Gasteiger partial charge in [0.05, 0.1) is 16.3 Å². The van der Waals surface area contributed by atoms with Gasteiger partial charge in [-0.1, -0.05) is 23.7 Å². The molecule has 1 amide bonds. The first-order valence-corrected chi connectivity index (χ1v) is 6.10. The lowest BCUT2D eigenvalue weighted by molar-refractivity contribution is 0.102. The third kappa shape index (κ3) is 2.30. The minimum Gasteiger partial charge on any atom is -0.321 e. The summed E-state index contributed by atoms with van der Waals surface area (Å²) in [5.74, 6) is -0.205. The van der Waals surface area contributed by atoms with Crippen LogP contribution in [0.25, 0.3) is 5.65 Å². The Hall–Kier alpha value is -2.33. The summed E-state index contributed by atoms with van der Waals surface area (Å²) in [5, 5.41) is 3.29. The Labute approximate surface area is 114 Å². The summed E-state index contributed by atoms with van der Waals surface area (Å²) in [6, 6.07) is 10.7. The van der Waals surface area contributed by atoms with Gasteiger partial charge < -0.3 is 9.72 Å². The number of amides is 1. The summed E-state index contributed by atoms with van der Waals surface area (Å²) in [5.41, 5.74) is 1.94. The highest BCUT2D eigenvalue weighted by Gasteiger charge is 2.08. The highest BCUT2D eigenvalue weighted by molar-refractivity contribution is 6.33. The van der Waals surface area contributed by atoms with Gasteiger partial charge in [-0.05, 0) is 24.3 Å². The predicted molar refractivity (Wildman–Crippen MR) is 74.6 cm³/mol. The number of anilines is 1. The largest absolute Gasteiger partial charge is 0.321 e. The molecule has 0 bridgehead atoms. The van der Waals surface area contributed by atoms with Gasteiger partial charge in [-0.2, -0.15) is 0 Å². The molecule has 0 spiro atoms. The van der Waals surface area contributed by atoms with Gasteiger partial charge in [0.15, 0.2) is 0 Å². The number of nitrogens with zero attached hydrogens (tertiary/aromatic N) is 2. The SMILES string of the molecule is O=C(Nc1ccccc1Cl)c1ccc2nccn2c1. The lowest BCUT2D eigenvalue weighted by Gasteiger charge is -2.07. The molecule has 3 aromatic rings. The summed E-state index contributed by atoms with van der Waals surface area (Å²) in [4.78, 5) is 16.3. The van der Waals surface area contributed by atoms with Gasteiger partial charge in [-0.25, -0.2) is 4.98 Å². The van der Waals surface area contributed by atoms with Crippen LogP contribution < -0.4 is 5.32 Å². The van der Waals surface area contributed by atoms with Crippen molar-refractivity contribution in [3.05, 3.63) is 65.6 Å². The van der Waals surface area contributed by atoms with E-state index in [0.29, 0.717) is 16.3 Å². The monoisotopic (exact) mass is 271 g/mol. The van der Waals surface area contributed by atoms with Crippen LogP contribution in [0.3, 0.4) is 0 Å². The third-order valence-electron chi connectivity index (χ3n) is 2.77. The quantitative estimate of drug-likeness (QED) is 0.778. The predicted octanol–water partition coefficient (Wildman–Crippen LogP) is 3.24. The standard InChI is InChI=1S/C14H10ClN3O/c15-11-3-1-2-4-12(11)17-14(19)10-5-6-13-16-7-8-18(13)9-10/h1-9H,(H,17,19). The number of carbonyl (C=O) groups excluding carboxylic acids is 1. The van der Waals surface area contributed by atoms with Crippen molar-refractivity contribution < 1.29 is 4.79 Å². The van der Waals surface area contributed by atoms with E-state index in [9.17, 15) is 4.79 Å². The molecule has 19 heavy (non-hydrogen) atoms. The molecular formula is C14H10ClN3O. The number of nitrogens with one attached hydrogen (secondary N) is 1. The molecule has 0 aliphatic carbocycles. The normalized spacial score (nSPS) is 10.6. The van der Waals surface area contributed by atoms with Crippen LogP contribution in [0.2, 0.25) is 5.02 Å². The molecule has 0 unspecified atom stereocenters. The van der Waals surface area contributed by atoms with E-state index in [-0.39, 0.29) is 5.91 Å². The molecule has 3 rings (SSSR count). The van der Waals surface area contributed by atoms with Crippen LogP contribution >= 0.6 is 11.6 Å². The van der Waals surface area contributed by atoms with Gasteiger partial charge in [0, 0.05) is 18.6 Å². The fourth-order valence-electron chi connectivity index (χ4n) is 1.81. The van der Waals surface area contributed by atoms with E-state index in [1.165, 1.54) is 0 Å². The fraction of sp³-hybridized carbons (Fsp3) is 0. The number of pyridine rings is 1. The van der Waals surface area contributed by atoms with Crippen LogP contribution in [0.4, 0.5) is 5.69 Å². The van der Waals surface area contributed by atoms with Crippen LogP contribution in [0.15, 0.2) is 55.0 Å². The number of imidazole rings is 1. The van der Waals surface area contributed by atoms with Crippen molar-refractivity contribution in [1.82, 2.24) is 9.38 Å². The van der Waals surface area contributed by atoms with Crippen molar-refractivity contribution in [2.75, 3.05) is 5.32 Å². The Morgan fingerprint density at radius 3 is 2.89 bits per heavy atom. The van der Waals surface area contributed by atoms with E-state index < -0.39 is 0 Å². The second-order valence-corrected chi connectivity index (χ2v) is 4.45. The number of carbonyl (C=O) groups is 1. The molecular weight excluding hydrogens is 262 g/mol. The van der Waals surface area contributed by atoms with Crippen LogP contribution in [0.1, 0.15) is 10.4 Å². The van der Waals surface area contributed by atoms with Gasteiger partial charge >= 0.3 is 0 Å². The van der Waals surface area contributed by atoms with E-state index >= 15 is 0 Å². The average molecular weight is 272 g/mol. The van der Waals surface area contributed by atoms with Crippen molar-refractivity contribution in [3.8, 4) is 0 Å². The van der Waals surface area contributed by atoms with Gasteiger partial charge in [0.25, 0.3) is 5.91 Å². The number of hydrogen-bond acceptors (Lipinski definition) is 2. The topological polar surface area (TPSA) is 46.4 Å². The van der Waals surface area contributed by atoms with Crippen LogP contribution in [0, 0.1) is 0 Å². The lowest BCUT2D eigenvalue weighted by atomic mass is 10.2. The highest BCUT2D eigenvalue weighted by Crippen LogP contribution is 2.21. The first-order valence-electron chi connectivity index (χ1n) is 5.72. The molecule has 2 aromatic heterocycles. The van der Waals surface area contributed by atoms with Gasteiger partial charge in [-0.15, -0.1) is 0 Å². The van der Waals surface area contributed by atoms with Gasteiger partial charge in [-0.3, -0.25) is 4.79 Å². The molecule has 0 aliphatic rings.